The molecule has 8 heavy (non-hydrogen) atoms. The van der Waals surface area contributed by atoms with E-state index in [1.807, 2.05) is 6.92 Å². The van der Waals surface area contributed by atoms with E-state index in [4.69, 9.17) is 12.2 Å². The molecule has 0 aromatic carbocycles. The molecule has 0 aromatic heterocycles. The van der Waals surface area contributed by atoms with Crippen LogP contribution in [0.2, 0.25) is 0 Å². The van der Waals surface area contributed by atoms with Gasteiger partial charge in [-0.05, 0) is 12.8 Å². The normalized spacial score (nSPS) is 11.8. The Balaban J connectivity index is 3.81. The zero-order valence-electron chi connectivity index (χ0n) is 4.76. The van der Waals surface area contributed by atoms with Gasteiger partial charge in [0.05, 0.1) is 0 Å². The maximum atomic E-state index is 5.12. The molecule has 42 valence electrons. The van der Waals surface area contributed by atoms with Crippen LogP contribution in [0.15, 0.2) is 17.3 Å². The fourth-order valence-electron chi connectivity index (χ4n) is 0.192. The first-order chi connectivity index (χ1) is 3.81. The highest BCUT2D eigenvalue weighted by molar-refractivity contribution is 5.96. The molecule has 0 amide bonds. The predicted molar refractivity (Wildman–Crippen MR) is 35.3 cm³/mol. The van der Waals surface area contributed by atoms with E-state index < -0.39 is 0 Å². The van der Waals surface area contributed by atoms with E-state index >= 15 is 0 Å². The summed E-state index contributed by atoms with van der Waals surface area (Å²) in [5.74, 6) is 2.39. The highest BCUT2D eigenvalue weighted by Gasteiger charge is 1.72. The van der Waals surface area contributed by atoms with Gasteiger partial charge in [-0.2, -0.15) is 0 Å². The van der Waals surface area contributed by atoms with E-state index in [9.17, 15) is 0 Å². The number of nitrogens with zero attached hydrogens (tertiary/aromatic N) is 1. The van der Waals surface area contributed by atoms with Crippen LogP contribution in [0.25, 0.3) is 0 Å². The Morgan fingerprint density at radius 2 is 2.50 bits per heavy atom. The van der Waals surface area contributed by atoms with Crippen LogP contribution >= 0.6 is 0 Å². The Morgan fingerprint density at radius 1 is 1.88 bits per heavy atom. The van der Waals surface area contributed by atoms with E-state index in [0.717, 1.165) is 0 Å². The number of nitrogens with two attached hydrogens (primary N) is 1. The van der Waals surface area contributed by atoms with Crippen LogP contribution in [0.1, 0.15) is 6.92 Å². The maximum absolute atomic E-state index is 5.12. The topological polar surface area (TPSA) is 38.4 Å². The van der Waals surface area contributed by atoms with Gasteiger partial charge >= 0.3 is 0 Å². The maximum Gasteiger partial charge on any atom is 0.175 e. The number of rotatable bonds is 1. The summed E-state index contributed by atoms with van der Waals surface area (Å²) in [7, 11) is 0. The van der Waals surface area contributed by atoms with E-state index in [1.54, 1.807) is 12.3 Å². The van der Waals surface area contributed by atoms with Crippen LogP contribution in [0.3, 0.4) is 0 Å². The fourth-order valence-corrected chi connectivity index (χ4v) is 0.192. The van der Waals surface area contributed by atoms with E-state index in [-0.39, 0.29) is 5.84 Å². The third-order valence-electron chi connectivity index (χ3n) is 0.511. The van der Waals surface area contributed by atoms with E-state index in [2.05, 4.69) is 10.9 Å². The number of hydrogen-bond acceptors (Lipinski definition) is 1. The summed E-state index contributed by atoms with van der Waals surface area (Å²) in [5.41, 5.74) is 5.12. The van der Waals surface area contributed by atoms with Gasteiger partial charge < -0.3 is 5.73 Å². The van der Waals surface area contributed by atoms with Crippen molar-refractivity contribution in [3.63, 3.8) is 0 Å². The molecule has 0 spiro atoms. The SMILES string of the molecule is C#CC(N)=N/C=C\C. The van der Waals surface area contributed by atoms with Gasteiger partial charge in [0, 0.05) is 6.20 Å². The Hall–Kier alpha value is -1.23. The summed E-state index contributed by atoms with van der Waals surface area (Å²) >= 11 is 0. The van der Waals surface area contributed by atoms with Crippen molar-refractivity contribution in [1.82, 2.24) is 0 Å². The molecule has 2 nitrogen and oxygen atoms in total. The summed E-state index contributed by atoms with van der Waals surface area (Å²) in [6, 6.07) is 0. The lowest BCUT2D eigenvalue weighted by atomic mass is 10.6. The average Bonchev–Trinajstić information content (AvgIpc) is 1.83. The Bertz CT molecular complexity index is 148. The molecule has 0 bridgehead atoms. The minimum Gasteiger partial charge on any atom is -0.377 e. The third kappa shape index (κ3) is 2.98. The zero-order chi connectivity index (χ0) is 6.41. The van der Waals surface area contributed by atoms with E-state index in [0.29, 0.717) is 0 Å². The first kappa shape index (κ1) is 6.77. The molecule has 0 aliphatic carbocycles. The second-order valence-corrected chi connectivity index (χ2v) is 1.14. The molecule has 0 saturated carbocycles. The van der Waals surface area contributed by atoms with Crippen LogP contribution in [0, 0.1) is 12.3 Å². The second kappa shape index (κ2) is 3.94. The number of amidine groups is 1. The van der Waals surface area contributed by atoms with Gasteiger partial charge in [0.25, 0.3) is 0 Å². The summed E-state index contributed by atoms with van der Waals surface area (Å²) in [6.45, 7) is 1.84. The van der Waals surface area contributed by atoms with Crippen molar-refractivity contribution in [2.45, 2.75) is 6.92 Å². The Labute approximate surface area is 49.1 Å². The van der Waals surface area contributed by atoms with Crippen molar-refractivity contribution in [1.29, 1.82) is 0 Å². The fraction of sp³-hybridized carbons (Fsp3) is 0.167. The highest BCUT2D eigenvalue weighted by Crippen LogP contribution is 1.71. The van der Waals surface area contributed by atoms with Crippen molar-refractivity contribution in [3.8, 4) is 12.3 Å². The summed E-state index contributed by atoms with van der Waals surface area (Å²) < 4.78 is 0. The Morgan fingerprint density at radius 3 is 2.88 bits per heavy atom. The van der Waals surface area contributed by atoms with Crippen LogP contribution < -0.4 is 5.73 Å². The molecule has 0 heterocycles. The smallest absolute Gasteiger partial charge is 0.175 e. The van der Waals surface area contributed by atoms with Gasteiger partial charge in [-0.3, -0.25) is 0 Å². The van der Waals surface area contributed by atoms with Gasteiger partial charge in [0.1, 0.15) is 0 Å². The third-order valence-corrected chi connectivity index (χ3v) is 0.511. The van der Waals surface area contributed by atoms with Gasteiger partial charge in [0.2, 0.25) is 0 Å². The number of allylic oxidation sites excluding steroid dienone is 1. The van der Waals surface area contributed by atoms with Crippen molar-refractivity contribution in [2.75, 3.05) is 0 Å². The minimum absolute atomic E-state index is 0.211. The second-order valence-electron chi connectivity index (χ2n) is 1.14. The van der Waals surface area contributed by atoms with E-state index in [1.165, 1.54) is 0 Å². The molecule has 0 unspecified atom stereocenters. The average molecular weight is 108 g/mol. The molecule has 0 aromatic rings. The molecule has 0 saturated heterocycles. The monoisotopic (exact) mass is 108 g/mol. The molecule has 0 aliphatic rings. The molecule has 0 rings (SSSR count). The van der Waals surface area contributed by atoms with Crippen LogP contribution in [-0.2, 0) is 0 Å². The van der Waals surface area contributed by atoms with Crippen molar-refractivity contribution >= 4 is 5.84 Å². The van der Waals surface area contributed by atoms with Gasteiger partial charge in [0.15, 0.2) is 5.84 Å². The lowest BCUT2D eigenvalue weighted by Crippen LogP contribution is -2.06. The largest absolute Gasteiger partial charge is 0.377 e. The van der Waals surface area contributed by atoms with Crippen LogP contribution in [-0.4, -0.2) is 5.84 Å². The first-order valence-corrected chi connectivity index (χ1v) is 2.22. The quantitative estimate of drug-likeness (QED) is 0.296. The predicted octanol–water partition coefficient (Wildman–Crippen LogP) is 0.510. The molecule has 0 atom stereocenters. The zero-order valence-corrected chi connectivity index (χ0v) is 4.76. The van der Waals surface area contributed by atoms with Crippen molar-refractivity contribution in [3.05, 3.63) is 12.3 Å². The Kier molecular flexibility index (Phi) is 3.34. The lowest BCUT2D eigenvalue weighted by Gasteiger charge is -1.78. The number of hydrogen-bond donors (Lipinski definition) is 1. The summed E-state index contributed by atoms with van der Waals surface area (Å²) in [4.78, 5) is 3.64. The standard InChI is InChI=1S/C6H8N2/c1-3-5-8-6(7)4-2/h2-3,5H,1H3,(H2,7,8)/b5-3-. The van der Waals surface area contributed by atoms with Crippen LogP contribution in [0.5, 0.6) is 0 Å². The van der Waals surface area contributed by atoms with Crippen LogP contribution in [0.4, 0.5) is 0 Å². The van der Waals surface area contributed by atoms with Crippen molar-refractivity contribution < 1.29 is 0 Å². The molecular weight excluding hydrogens is 100 g/mol. The summed E-state index contributed by atoms with van der Waals surface area (Å²) in [6.07, 6.45) is 8.18. The lowest BCUT2D eigenvalue weighted by molar-refractivity contribution is 1.49. The minimum atomic E-state index is 0.211. The van der Waals surface area contributed by atoms with Crippen molar-refractivity contribution in [2.24, 2.45) is 10.7 Å². The number of terminal acetylenes is 1. The van der Waals surface area contributed by atoms with Gasteiger partial charge in [-0.25, -0.2) is 4.99 Å². The number of aliphatic imine (C=N–C) groups is 1. The molecule has 2 heteroatoms. The summed E-state index contributed by atoms with van der Waals surface area (Å²) in [5, 5.41) is 0. The van der Waals surface area contributed by atoms with Gasteiger partial charge in [-0.15, -0.1) is 6.42 Å². The first-order valence-electron chi connectivity index (χ1n) is 2.22. The molecule has 0 fully saturated rings. The molecule has 0 aliphatic heterocycles. The molecule has 2 N–H and O–H groups in total. The molecule has 0 radical (unpaired) electrons. The molecular formula is C6H8N2. The van der Waals surface area contributed by atoms with Gasteiger partial charge in [-0.1, -0.05) is 6.08 Å². The highest BCUT2D eigenvalue weighted by atomic mass is 14.8.